The number of anilines is 2. The first-order valence-corrected chi connectivity index (χ1v) is 13.0. The lowest BCUT2D eigenvalue weighted by atomic mass is 10.0. The Hall–Kier alpha value is -4.48. The maximum absolute atomic E-state index is 12.6. The molecule has 0 aliphatic heterocycles. The third-order valence-electron chi connectivity index (χ3n) is 5.31. The minimum Gasteiger partial charge on any atom is -0.478 e. The van der Waals surface area contributed by atoms with Gasteiger partial charge >= 0.3 is 11.9 Å². The van der Waals surface area contributed by atoms with Crippen molar-refractivity contribution in [2.24, 2.45) is 0 Å². The van der Waals surface area contributed by atoms with Crippen LogP contribution in [0, 0.1) is 6.92 Å². The maximum atomic E-state index is 12.6. The van der Waals surface area contributed by atoms with Crippen LogP contribution in [0.3, 0.4) is 0 Å². The summed E-state index contributed by atoms with van der Waals surface area (Å²) in [5.41, 5.74) is 1.43. The molecule has 3 aromatic carbocycles. The van der Waals surface area contributed by atoms with Crippen LogP contribution in [-0.2, 0) is 4.79 Å². The van der Waals surface area contributed by atoms with Crippen LogP contribution in [0.1, 0.15) is 36.0 Å². The van der Waals surface area contributed by atoms with Gasteiger partial charge in [0.25, 0.3) is 5.91 Å². The lowest BCUT2D eigenvalue weighted by molar-refractivity contribution is -0.113. The minimum atomic E-state index is -1.41. The van der Waals surface area contributed by atoms with Gasteiger partial charge in [-0.1, -0.05) is 30.3 Å². The van der Waals surface area contributed by atoms with E-state index in [0.717, 1.165) is 33.2 Å². The molecule has 4 aromatic rings. The average Bonchev–Trinajstić information content (AvgIpc) is 3.27. The van der Waals surface area contributed by atoms with Crippen molar-refractivity contribution < 1.29 is 29.4 Å². The van der Waals surface area contributed by atoms with Gasteiger partial charge in [0.2, 0.25) is 5.91 Å². The van der Waals surface area contributed by atoms with E-state index in [9.17, 15) is 24.3 Å². The van der Waals surface area contributed by atoms with Gasteiger partial charge in [0.15, 0.2) is 5.13 Å². The van der Waals surface area contributed by atoms with Gasteiger partial charge in [0, 0.05) is 21.0 Å². The van der Waals surface area contributed by atoms with Crippen LogP contribution in [-0.4, -0.2) is 44.7 Å². The monoisotopic (exact) mass is 547 g/mol. The number of thioether (sulfide) groups is 1. The summed E-state index contributed by atoms with van der Waals surface area (Å²) in [7, 11) is 0. The van der Waals surface area contributed by atoms with E-state index in [4.69, 9.17) is 5.11 Å². The number of aromatic carboxylic acids is 2. The van der Waals surface area contributed by atoms with Gasteiger partial charge in [0.05, 0.1) is 28.1 Å². The molecular formula is C27H21N3O6S2. The molecule has 0 unspecified atom stereocenters. The number of aromatic nitrogens is 1. The Balaban J connectivity index is 1.33. The quantitative estimate of drug-likeness (QED) is 0.201. The van der Waals surface area contributed by atoms with E-state index >= 15 is 0 Å². The molecule has 4 rings (SSSR count). The van der Waals surface area contributed by atoms with Crippen molar-refractivity contribution in [1.82, 2.24) is 4.98 Å². The van der Waals surface area contributed by atoms with Crippen LogP contribution in [0.2, 0.25) is 0 Å². The van der Waals surface area contributed by atoms with E-state index in [-0.39, 0.29) is 22.8 Å². The van der Waals surface area contributed by atoms with Crippen LogP contribution < -0.4 is 10.6 Å². The maximum Gasteiger partial charge on any atom is 0.336 e. The summed E-state index contributed by atoms with van der Waals surface area (Å²) in [5, 5.41) is 24.4. The first-order chi connectivity index (χ1) is 18.2. The van der Waals surface area contributed by atoms with Crippen LogP contribution in [0.5, 0.6) is 0 Å². The standard InChI is InChI=1S/C27H21N3O6S2/c1-15-23(16-5-3-2-4-6-16)30-27(38-15)29-22(31)14-37-19-10-8-18(9-11-19)28-24(32)20-12-7-17(25(33)34)13-21(20)26(35)36/h2-13H,14H2,1H3,(H,28,32)(H,33,34)(H,35,36)(H,29,30,31). The van der Waals surface area contributed by atoms with Gasteiger partial charge in [-0.05, 0) is 49.4 Å². The highest BCUT2D eigenvalue weighted by molar-refractivity contribution is 8.00. The van der Waals surface area contributed by atoms with Gasteiger partial charge < -0.3 is 20.8 Å². The zero-order valence-corrected chi connectivity index (χ0v) is 21.6. The number of benzene rings is 3. The summed E-state index contributed by atoms with van der Waals surface area (Å²) in [6, 6.07) is 19.7. The molecule has 0 atom stereocenters. The zero-order chi connectivity index (χ0) is 27.2. The Kier molecular flexibility index (Phi) is 8.19. The molecule has 2 amide bonds. The smallest absolute Gasteiger partial charge is 0.336 e. The zero-order valence-electron chi connectivity index (χ0n) is 19.9. The Morgan fingerprint density at radius 2 is 1.58 bits per heavy atom. The fraction of sp³-hybridized carbons (Fsp3) is 0.0741. The fourth-order valence-electron chi connectivity index (χ4n) is 3.50. The molecule has 0 radical (unpaired) electrons. The third-order valence-corrected chi connectivity index (χ3v) is 7.21. The molecular weight excluding hydrogens is 526 g/mol. The summed E-state index contributed by atoms with van der Waals surface area (Å²) in [4.78, 5) is 54.0. The van der Waals surface area contributed by atoms with Crippen molar-refractivity contribution in [3.05, 3.63) is 94.4 Å². The van der Waals surface area contributed by atoms with E-state index in [1.165, 1.54) is 29.2 Å². The summed E-state index contributed by atoms with van der Waals surface area (Å²) < 4.78 is 0. The second-order valence-corrected chi connectivity index (χ2v) is 10.2. The fourth-order valence-corrected chi connectivity index (χ4v) is 5.05. The van der Waals surface area contributed by atoms with E-state index in [1.807, 2.05) is 37.3 Å². The molecule has 0 spiro atoms. The normalized spacial score (nSPS) is 10.6. The molecule has 9 nitrogen and oxygen atoms in total. The molecule has 0 bridgehead atoms. The summed E-state index contributed by atoms with van der Waals surface area (Å²) in [6.07, 6.45) is 0. The van der Waals surface area contributed by atoms with Crippen molar-refractivity contribution in [2.75, 3.05) is 16.4 Å². The second kappa shape index (κ2) is 11.7. The van der Waals surface area contributed by atoms with Crippen molar-refractivity contribution in [3.8, 4) is 11.3 Å². The number of amides is 2. The largest absolute Gasteiger partial charge is 0.478 e. The predicted molar refractivity (Wildman–Crippen MR) is 146 cm³/mol. The van der Waals surface area contributed by atoms with Crippen LogP contribution in [0.4, 0.5) is 10.8 Å². The number of nitrogens with zero attached hydrogens (tertiary/aromatic N) is 1. The Labute approximate surface area is 225 Å². The van der Waals surface area contributed by atoms with Crippen molar-refractivity contribution >= 4 is 57.7 Å². The molecule has 4 N–H and O–H groups in total. The molecule has 1 heterocycles. The van der Waals surface area contributed by atoms with Gasteiger partial charge in [0.1, 0.15) is 0 Å². The van der Waals surface area contributed by atoms with E-state index in [0.29, 0.717) is 10.8 Å². The van der Waals surface area contributed by atoms with Crippen molar-refractivity contribution in [3.63, 3.8) is 0 Å². The van der Waals surface area contributed by atoms with Crippen molar-refractivity contribution in [1.29, 1.82) is 0 Å². The van der Waals surface area contributed by atoms with Crippen LogP contribution >= 0.6 is 23.1 Å². The van der Waals surface area contributed by atoms with Crippen LogP contribution in [0.25, 0.3) is 11.3 Å². The van der Waals surface area contributed by atoms with Gasteiger partial charge in [-0.15, -0.1) is 23.1 Å². The SMILES string of the molecule is Cc1sc(NC(=O)CSc2ccc(NC(=O)c3ccc(C(=O)O)cc3C(=O)O)cc2)nc1-c1ccccc1. The molecule has 0 aliphatic rings. The highest BCUT2D eigenvalue weighted by Gasteiger charge is 2.19. The number of carbonyl (C=O) groups is 4. The van der Waals surface area contributed by atoms with E-state index in [1.54, 1.807) is 24.3 Å². The summed E-state index contributed by atoms with van der Waals surface area (Å²) in [5.74, 6) is -3.44. The Morgan fingerprint density at radius 1 is 0.868 bits per heavy atom. The summed E-state index contributed by atoms with van der Waals surface area (Å²) >= 11 is 2.72. The molecule has 11 heteroatoms. The van der Waals surface area contributed by atoms with Crippen molar-refractivity contribution in [2.45, 2.75) is 11.8 Å². The van der Waals surface area contributed by atoms with Gasteiger partial charge in [-0.2, -0.15) is 0 Å². The van der Waals surface area contributed by atoms with E-state index < -0.39 is 23.4 Å². The number of hydrogen-bond donors (Lipinski definition) is 4. The number of hydrogen-bond acceptors (Lipinski definition) is 7. The Morgan fingerprint density at radius 3 is 2.24 bits per heavy atom. The lowest BCUT2D eigenvalue weighted by Gasteiger charge is -2.09. The lowest BCUT2D eigenvalue weighted by Crippen LogP contribution is -2.17. The molecule has 0 fully saturated rings. The molecule has 0 saturated heterocycles. The first-order valence-electron chi connectivity index (χ1n) is 11.2. The predicted octanol–water partition coefficient (Wildman–Crippen LogP) is 5.50. The number of aryl methyl sites for hydroxylation is 1. The number of carboxylic acids is 2. The second-order valence-electron chi connectivity index (χ2n) is 7.98. The molecule has 38 heavy (non-hydrogen) atoms. The number of nitrogens with one attached hydrogen (secondary N) is 2. The first kappa shape index (κ1) is 26.6. The average molecular weight is 548 g/mol. The van der Waals surface area contributed by atoms with E-state index in [2.05, 4.69) is 15.6 Å². The van der Waals surface area contributed by atoms with Gasteiger partial charge in [-0.3, -0.25) is 9.59 Å². The number of carbonyl (C=O) groups excluding carboxylic acids is 2. The van der Waals surface area contributed by atoms with Crippen LogP contribution in [0.15, 0.2) is 77.7 Å². The molecule has 0 aliphatic carbocycles. The third kappa shape index (κ3) is 6.44. The highest BCUT2D eigenvalue weighted by Crippen LogP contribution is 2.30. The minimum absolute atomic E-state index is 0.156. The highest BCUT2D eigenvalue weighted by atomic mass is 32.2. The number of thiazole rings is 1. The van der Waals surface area contributed by atoms with Gasteiger partial charge in [-0.25, -0.2) is 14.6 Å². The number of rotatable bonds is 9. The molecule has 0 saturated carbocycles. The number of carboxylic acid groups (broad SMARTS) is 2. The Bertz CT molecular complexity index is 1520. The topological polar surface area (TPSA) is 146 Å². The molecule has 1 aromatic heterocycles. The summed E-state index contributed by atoms with van der Waals surface area (Å²) in [6.45, 7) is 1.96. The molecule has 192 valence electrons.